The summed E-state index contributed by atoms with van der Waals surface area (Å²) in [6.45, 7) is 0. The van der Waals surface area contributed by atoms with Crippen molar-refractivity contribution in [2.75, 3.05) is 7.11 Å². The largest absolute Gasteiger partial charge is 0.503 e. The molecule has 6 heteroatoms. The van der Waals surface area contributed by atoms with Gasteiger partial charge < -0.3 is 9.84 Å². The van der Waals surface area contributed by atoms with Crippen LogP contribution in [0.3, 0.4) is 0 Å². The molecule has 0 fully saturated rings. The van der Waals surface area contributed by atoms with E-state index in [1.54, 1.807) is 0 Å². The van der Waals surface area contributed by atoms with Gasteiger partial charge in [0.2, 0.25) is 0 Å². The Hall–Kier alpha value is -1.10. The van der Waals surface area contributed by atoms with E-state index in [0.717, 1.165) is 6.07 Å². The van der Waals surface area contributed by atoms with Gasteiger partial charge in [-0.25, -0.2) is 13.8 Å². The summed E-state index contributed by atoms with van der Waals surface area (Å²) in [4.78, 5) is 3.49. The molecule has 0 aromatic carbocycles. The quantitative estimate of drug-likeness (QED) is 0.801. The Labute approximate surface area is 84.3 Å². The van der Waals surface area contributed by atoms with E-state index in [-0.39, 0.29) is 23.1 Å². The maximum atomic E-state index is 12.3. The van der Waals surface area contributed by atoms with Crippen LogP contribution in [0.5, 0.6) is 11.5 Å². The van der Waals surface area contributed by atoms with Crippen molar-refractivity contribution in [3.8, 4) is 11.5 Å². The van der Waals surface area contributed by atoms with Crippen molar-refractivity contribution in [2.24, 2.45) is 0 Å². The highest BCUT2D eigenvalue weighted by Gasteiger charge is 2.16. The van der Waals surface area contributed by atoms with Gasteiger partial charge in [0.1, 0.15) is 11.4 Å². The number of hydrogen-bond acceptors (Lipinski definition) is 3. The number of aromatic nitrogens is 1. The summed E-state index contributed by atoms with van der Waals surface area (Å²) >= 11 is 5.41. The summed E-state index contributed by atoms with van der Waals surface area (Å²) in [5.74, 6) is -0.499. The van der Waals surface area contributed by atoms with Crippen LogP contribution < -0.4 is 4.74 Å². The van der Waals surface area contributed by atoms with Crippen molar-refractivity contribution in [3.05, 3.63) is 17.5 Å². The molecule has 0 amide bonds. The van der Waals surface area contributed by atoms with E-state index >= 15 is 0 Å². The van der Waals surface area contributed by atoms with Crippen molar-refractivity contribution in [3.63, 3.8) is 0 Å². The molecule has 1 aromatic heterocycles. The third-order valence-corrected chi connectivity index (χ3v) is 1.87. The molecule has 1 aromatic rings. The lowest BCUT2D eigenvalue weighted by atomic mass is 10.2. The lowest BCUT2D eigenvalue weighted by Gasteiger charge is -2.08. The molecular formula is C8H8ClF2NO2. The number of ether oxygens (including phenoxy) is 1. The van der Waals surface area contributed by atoms with Crippen molar-refractivity contribution in [2.45, 2.75) is 12.3 Å². The standard InChI is InChI=1S/C8H8ClF2NO2/c1-14-6-2-4(8(10)11)12-5(3-9)7(6)13/h2,8,13H,3H2,1H3. The highest BCUT2D eigenvalue weighted by atomic mass is 35.5. The highest BCUT2D eigenvalue weighted by Crippen LogP contribution is 2.33. The lowest BCUT2D eigenvalue weighted by Crippen LogP contribution is -1.97. The van der Waals surface area contributed by atoms with Crippen LogP contribution in [0.4, 0.5) is 8.78 Å². The number of hydrogen-bond donors (Lipinski definition) is 1. The minimum atomic E-state index is -2.72. The molecule has 0 aliphatic rings. The number of halogens is 3. The van der Waals surface area contributed by atoms with E-state index < -0.39 is 12.1 Å². The fraction of sp³-hybridized carbons (Fsp3) is 0.375. The number of rotatable bonds is 3. The van der Waals surface area contributed by atoms with Crippen molar-refractivity contribution in [1.82, 2.24) is 4.98 Å². The molecule has 1 N–H and O–H groups in total. The smallest absolute Gasteiger partial charge is 0.280 e. The van der Waals surface area contributed by atoms with Gasteiger partial charge in [0.25, 0.3) is 6.43 Å². The van der Waals surface area contributed by atoms with E-state index in [0.29, 0.717) is 0 Å². The zero-order chi connectivity index (χ0) is 10.7. The molecule has 14 heavy (non-hydrogen) atoms. The average Bonchev–Trinajstić information content (AvgIpc) is 2.17. The van der Waals surface area contributed by atoms with Gasteiger partial charge in [-0.1, -0.05) is 0 Å². The van der Waals surface area contributed by atoms with Gasteiger partial charge in [0.05, 0.1) is 13.0 Å². The van der Waals surface area contributed by atoms with Gasteiger partial charge in [-0.15, -0.1) is 11.6 Å². The van der Waals surface area contributed by atoms with E-state index in [1.807, 2.05) is 0 Å². The zero-order valence-corrected chi connectivity index (χ0v) is 8.05. The van der Waals surface area contributed by atoms with Crippen LogP contribution in [0.2, 0.25) is 0 Å². The first-order valence-electron chi connectivity index (χ1n) is 3.71. The van der Waals surface area contributed by atoms with E-state index in [2.05, 4.69) is 4.98 Å². The number of alkyl halides is 3. The third-order valence-electron chi connectivity index (χ3n) is 1.62. The molecule has 78 valence electrons. The molecule has 0 radical (unpaired) electrons. The molecular weight excluding hydrogens is 216 g/mol. The van der Waals surface area contributed by atoms with Crippen LogP contribution in [0.1, 0.15) is 17.8 Å². The Kier molecular flexibility index (Phi) is 3.46. The Morgan fingerprint density at radius 2 is 2.29 bits per heavy atom. The molecule has 0 bridgehead atoms. The SMILES string of the molecule is COc1cc(C(F)F)nc(CCl)c1O. The maximum Gasteiger partial charge on any atom is 0.280 e. The second kappa shape index (κ2) is 4.41. The van der Waals surface area contributed by atoms with Gasteiger partial charge in [-0.3, -0.25) is 0 Å². The second-order valence-corrected chi connectivity index (χ2v) is 2.75. The Bertz CT molecular complexity index is 308. The number of methoxy groups -OCH3 is 1. The molecule has 1 rings (SSSR count). The van der Waals surface area contributed by atoms with Gasteiger partial charge in [0.15, 0.2) is 11.5 Å². The van der Waals surface area contributed by atoms with Crippen molar-refractivity contribution < 1.29 is 18.6 Å². The Morgan fingerprint density at radius 3 is 2.71 bits per heavy atom. The first kappa shape index (κ1) is 11.0. The lowest BCUT2D eigenvalue weighted by molar-refractivity contribution is 0.145. The molecule has 0 saturated heterocycles. The molecule has 0 atom stereocenters. The normalized spacial score (nSPS) is 10.6. The topological polar surface area (TPSA) is 42.4 Å². The van der Waals surface area contributed by atoms with Gasteiger partial charge in [-0.05, 0) is 0 Å². The van der Waals surface area contributed by atoms with E-state index in [9.17, 15) is 13.9 Å². The molecule has 0 unspecified atom stereocenters. The number of pyridine rings is 1. The third kappa shape index (κ3) is 2.04. The second-order valence-electron chi connectivity index (χ2n) is 2.48. The molecule has 1 heterocycles. The fourth-order valence-electron chi connectivity index (χ4n) is 0.947. The van der Waals surface area contributed by atoms with Crippen molar-refractivity contribution in [1.29, 1.82) is 0 Å². The highest BCUT2D eigenvalue weighted by molar-refractivity contribution is 6.17. The fourth-order valence-corrected chi connectivity index (χ4v) is 1.13. The van der Waals surface area contributed by atoms with Gasteiger partial charge in [0, 0.05) is 6.07 Å². The average molecular weight is 224 g/mol. The summed E-state index contributed by atoms with van der Waals surface area (Å²) in [6.07, 6.45) is -2.72. The number of aromatic hydroxyl groups is 1. The van der Waals surface area contributed by atoms with Crippen LogP contribution in [-0.4, -0.2) is 17.2 Å². The molecule has 0 aliphatic heterocycles. The Balaban J connectivity index is 3.25. The molecule has 0 aliphatic carbocycles. The maximum absolute atomic E-state index is 12.3. The zero-order valence-electron chi connectivity index (χ0n) is 7.30. The van der Waals surface area contributed by atoms with E-state index in [1.165, 1.54) is 7.11 Å². The molecule has 0 saturated carbocycles. The minimum Gasteiger partial charge on any atom is -0.503 e. The van der Waals surface area contributed by atoms with Crippen LogP contribution in [0, 0.1) is 0 Å². The van der Waals surface area contributed by atoms with Gasteiger partial charge in [-0.2, -0.15) is 0 Å². The summed E-state index contributed by atoms with van der Waals surface area (Å²) < 4.78 is 29.3. The van der Waals surface area contributed by atoms with E-state index in [4.69, 9.17) is 16.3 Å². The first-order chi connectivity index (χ1) is 6.60. The summed E-state index contributed by atoms with van der Waals surface area (Å²) in [5, 5.41) is 9.38. The predicted molar refractivity (Wildman–Crippen MR) is 47.0 cm³/mol. The Morgan fingerprint density at radius 1 is 1.64 bits per heavy atom. The van der Waals surface area contributed by atoms with Crippen LogP contribution in [0.25, 0.3) is 0 Å². The van der Waals surface area contributed by atoms with Gasteiger partial charge >= 0.3 is 0 Å². The number of nitrogens with zero attached hydrogens (tertiary/aromatic N) is 1. The van der Waals surface area contributed by atoms with Crippen LogP contribution >= 0.6 is 11.6 Å². The summed E-state index contributed by atoms with van der Waals surface area (Å²) in [6, 6.07) is 0.982. The van der Waals surface area contributed by atoms with Crippen LogP contribution in [0.15, 0.2) is 6.07 Å². The first-order valence-corrected chi connectivity index (χ1v) is 4.24. The predicted octanol–water partition coefficient (Wildman–Crippen LogP) is 2.47. The summed E-state index contributed by atoms with van der Waals surface area (Å²) in [7, 11) is 1.27. The molecule has 0 spiro atoms. The minimum absolute atomic E-state index is 0.0127. The monoisotopic (exact) mass is 223 g/mol. The van der Waals surface area contributed by atoms with Crippen molar-refractivity contribution >= 4 is 11.6 Å². The summed E-state index contributed by atoms with van der Waals surface area (Å²) in [5.41, 5.74) is -0.475. The van der Waals surface area contributed by atoms with Crippen LogP contribution in [-0.2, 0) is 5.88 Å². The molecule has 3 nitrogen and oxygen atoms in total.